The van der Waals surface area contributed by atoms with Crippen LogP contribution in [0.15, 0.2) is 24.9 Å². The van der Waals surface area contributed by atoms with E-state index in [-0.39, 0.29) is 16.8 Å². The zero-order valence-electron chi connectivity index (χ0n) is 9.61. The minimum absolute atomic E-state index is 0.0160. The SMILES string of the molecule is COc1cc(C=C2SC(N)=NC2=O)c(Br)c(Br)c1O. The number of hydrogen-bond donors (Lipinski definition) is 2. The number of halogens is 2. The second-order valence-corrected chi connectivity index (χ2v) is 6.16. The van der Waals surface area contributed by atoms with Crippen LogP contribution in [0.5, 0.6) is 11.5 Å². The van der Waals surface area contributed by atoms with Gasteiger partial charge in [0.25, 0.3) is 5.91 Å². The molecule has 8 heteroatoms. The maximum Gasteiger partial charge on any atom is 0.286 e. The Kier molecular flexibility index (Phi) is 4.22. The lowest BCUT2D eigenvalue weighted by molar-refractivity contribution is -0.113. The van der Waals surface area contributed by atoms with Crippen LogP contribution in [0, 0.1) is 0 Å². The summed E-state index contributed by atoms with van der Waals surface area (Å²) in [7, 11) is 1.45. The fourth-order valence-corrected chi connectivity index (χ4v) is 2.95. The molecule has 0 unspecified atom stereocenters. The van der Waals surface area contributed by atoms with Gasteiger partial charge in [-0.15, -0.1) is 0 Å². The number of nitrogens with two attached hydrogens (primary N) is 1. The minimum Gasteiger partial charge on any atom is -0.503 e. The third kappa shape index (κ3) is 2.80. The second kappa shape index (κ2) is 5.56. The van der Waals surface area contributed by atoms with Gasteiger partial charge in [0.2, 0.25) is 0 Å². The summed E-state index contributed by atoms with van der Waals surface area (Å²) in [4.78, 5) is 15.6. The Labute approximate surface area is 130 Å². The second-order valence-electron chi connectivity index (χ2n) is 3.51. The van der Waals surface area contributed by atoms with Crippen molar-refractivity contribution >= 4 is 60.8 Å². The van der Waals surface area contributed by atoms with E-state index < -0.39 is 0 Å². The van der Waals surface area contributed by atoms with E-state index in [2.05, 4.69) is 36.9 Å². The number of thioether (sulfide) groups is 1. The molecule has 0 bridgehead atoms. The normalized spacial score (nSPS) is 16.9. The zero-order chi connectivity index (χ0) is 14.2. The van der Waals surface area contributed by atoms with Crippen molar-refractivity contribution in [3.05, 3.63) is 25.5 Å². The number of carbonyl (C=O) groups excluding carboxylic acids is 1. The van der Waals surface area contributed by atoms with Crippen molar-refractivity contribution in [2.75, 3.05) is 7.11 Å². The number of ether oxygens (including phenoxy) is 1. The van der Waals surface area contributed by atoms with E-state index in [0.29, 0.717) is 25.2 Å². The number of methoxy groups -OCH3 is 1. The Morgan fingerprint density at radius 3 is 2.68 bits per heavy atom. The maximum absolute atomic E-state index is 11.5. The molecule has 0 fully saturated rings. The Bertz CT molecular complexity index is 629. The average Bonchev–Trinajstić information content (AvgIpc) is 2.68. The summed E-state index contributed by atoms with van der Waals surface area (Å²) >= 11 is 7.69. The Morgan fingerprint density at radius 2 is 2.16 bits per heavy atom. The monoisotopic (exact) mass is 406 g/mol. The molecule has 0 radical (unpaired) electrons. The molecular weight excluding hydrogens is 400 g/mol. The van der Waals surface area contributed by atoms with Gasteiger partial charge in [0.15, 0.2) is 16.7 Å². The highest BCUT2D eigenvalue weighted by Crippen LogP contribution is 2.43. The Balaban J connectivity index is 2.50. The van der Waals surface area contributed by atoms with Crippen molar-refractivity contribution in [3.63, 3.8) is 0 Å². The van der Waals surface area contributed by atoms with Gasteiger partial charge in [-0.25, -0.2) is 0 Å². The summed E-state index contributed by atoms with van der Waals surface area (Å²) in [6.07, 6.45) is 1.63. The predicted molar refractivity (Wildman–Crippen MR) is 82.3 cm³/mol. The van der Waals surface area contributed by atoms with Crippen LogP contribution in [0.3, 0.4) is 0 Å². The summed E-state index contributed by atoms with van der Waals surface area (Å²) in [5.74, 6) is -0.0958. The van der Waals surface area contributed by atoms with Crippen molar-refractivity contribution < 1.29 is 14.6 Å². The van der Waals surface area contributed by atoms with Crippen LogP contribution >= 0.6 is 43.6 Å². The van der Waals surface area contributed by atoms with Gasteiger partial charge in [-0.1, -0.05) is 0 Å². The Hall–Kier alpha value is -0.990. The molecule has 1 aromatic rings. The number of phenolic OH excluding ortho intramolecular Hbond substituents is 1. The molecule has 5 nitrogen and oxygen atoms in total. The van der Waals surface area contributed by atoms with Crippen molar-refractivity contribution in [1.82, 2.24) is 0 Å². The number of carbonyl (C=O) groups is 1. The molecule has 0 atom stereocenters. The highest BCUT2D eigenvalue weighted by Gasteiger charge is 2.21. The molecule has 1 aliphatic heterocycles. The van der Waals surface area contributed by atoms with E-state index in [9.17, 15) is 9.90 Å². The molecule has 1 aromatic carbocycles. The molecule has 0 saturated carbocycles. The number of aliphatic imine (C=N–C) groups is 1. The molecule has 0 spiro atoms. The van der Waals surface area contributed by atoms with Crippen molar-refractivity contribution in [3.8, 4) is 11.5 Å². The number of amidine groups is 1. The van der Waals surface area contributed by atoms with Crippen LogP contribution in [0.25, 0.3) is 6.08 Å². The highest BCUT2D eigenvalue weighted by molar-refractivity contribution is 9.13. The van der Waals surface area contributed by atoms with Gasteiger partial charge < -0.3 is 15.6 Å². The third-order valence-electron chi connectivity index (χ3n) is 2.32. The topological polar surface area (TPSA) is 84.9 Å². The summed E-state index contributed by atoms with van der Waals surface area (Å²) in [6, 6.07) is 1.61. The Morgan fingerprint density at radius 1 is 1.47 bits per heavy atom. The maximum atomic E-state index is 11.5. The molecule has 1 amide bonds. The van der Waals surface area contributed by atoms with Crippen molar-refractivity contribution in [2.24, 2.45) is 10.7 Å². The van der Waals surface area contributed by atoms with E-state index in [0.717, 1.165) is 11.8 Å². The largest absolute Gasteiger partial charge is 0.503 e. The van der Waals surface area contributed by atoms with E-state index in [1.54, 1.807) is 12.1 Å². The molecule has 0 aromatic heterocycles. The van der Waals surface area contributed by atoms with Crippen LogP contribution in [0.1, 0.15) is 5.56 Å². The first-order valence-corrected chi connectivity index (χ1v) is 7.37. The average molecular weight is 408 g/mol. The van der Waals surface area contributed by atoms with E-state index in [1.165, 1.54) is 7.11 Å². The standard InChI is InChI=1S/C11H8Br2N2O3S/c1-18-5-2-4(7(12)8(13)9(5)16)3-6-10(17)15-11(14)19-6/h2-3,16H,1H3,(H2,14,15,17). The van der Waals surface area contributed by atoms with Crippen LogP contribution in [0.4, 0.5) is 0 Å². The number of benzene rings is 1. The molecule has 0 aliphatic carbocycles. The number of hydrogen-bond acceptors (Lipinski definition) is 5. The molecule has 0 saturated heterocycles. The van der Waals surface area contributed by atoms with Gasteiger partial charge in [0, 0.05) is 4.47 Å². The number of rotatable bonds is 2. The molecule has 100 valence electrons. The smallest absolute Gasteiger partial charge is 0.286 e. The number of aromatic hydroxyl groups is 1. The quantitative estimate of drug-likeness (QED) is 0.736. The van der Waals surface area contributed by atoms with E-state index in [1.807, 2.05) is 0 Å². The van der Waals surface area contributed by atoms with Crippen LogP contribution in [0.2, 0.25) is 0 Å². The molecule has 2 rings (SSSR count). The minimum atomic E-state index is -0.377. The number of phenols is 1. The van der Waals surface area contributed by atoms with E-state index >= 15 is 0 Å². The highest BCUT2D eigenvalue weighted by atomic mass is 79.9. The lowest BCUT2D eigenvalue weighted by atomic mass is 10.2. The summed E-state index contributed by atoms with van der Waals surface area (Å²) in [6.45, 7) is 0. The first-order valence-electron chi connectivity index (χ1n) is 4.97. The van der Waals surface area contributed by atoms with Crippen LogP contribution in [-0.2, 0) is 4.79 Å². The summed E-state index contributed by atoms with van der Waals surface area (Å²) in [5.41, 5.74) is 6.15. The van der Waals surface area contributed by atoms with Crippen LogP contribution < -0.4 is 10.5 Å². The van der Waals surface area contributed by atoms with Gasteiger partial charge >= 0.3 is 0 Å². The first kappa shape index (κ1) is 14.4. The predicted octanol–water partition coefficient (Wildman–Crippen LogP) is 2.85. The lowest BCUT2D eigenvalue weighted by Gasteiger charge is -2.10. The first-order chi connectivity index (χ1) is 8.93. The molecule has 3 N–H and O–H groups in total. The summed E-state index contributed by atoms with van der Waals surface area (Å²) < 4.78 is 6.11. The number of amides is 1. The molecule has 19 heavy (non-hydrogen) atoms. The fraction of sp³-hybridized carbons (Fsp3) is 0.0909. The van der Waals surface area contributed by atoms with Crippen LogP contribution in [-0.4, -0.2) is 23.3 Å². The van der Waals surface area contributed by atoms with E-state index in [4.69, 9.17) is 10.5 Å². The van der Waals surface area contributed by atoms with Gasteiger partial charge in [-0.2, -0.15) is 4.99 Å². The summed E-state index contributed by atoms with van der Waals surface area (Å²) in [5, 5.41) is 10.0. The third-order valence-corrected chi connectivity index (χ3v) is 5.29. The van der Waals surface area contributed by atoms with Gasteiger partial charge in [0.05, 0.1) is 16.5 Å². The van der Waals surface area contributed by atoms with Crippen molar-refractivity contribution in [1.29, 1.82) is 0 Å². The molecular formula is C11H8Br2N2O3S. The van der Waals surface area contributed by atoms with Gasteiger partial charge in [-0.05, 0) is 61.3 Å². The number of nitrogens with zero attached hydrogens (tertiary/aromatic N) is 1. The van der Waals surface area contributed by atoms with Gasteiger partial charge in [0.1, 0.15) is 0 Å². The van der Waals surface area contributed by atoms with Gasteiger partial charge in [-0.3, -0.25) is 4.79 Å². The molecule has 1 aliphatic rings. The zero-order valence-corrected chi connectivity index (χ0v) is 13.6. The van der Waals surface area contributed by atoms with Crippen molar-refractivity contribution in [2.45, 2.75) is 0 Å². The molecule has 1 heterocycles. The lowest BCUT2D eigenvalue weighted by Crippen LogP contribution is -2.01. The fourth-order valence-electron chi connectivity index (χ4n) is 1.44.